The van der Waals surface area contributed by atoms with Crippen LogP contribution >= 0.6 is 0 Å². The predicted molar refractivity (Wildman–Crippen MR) is 65.6 cm³/mol. The van der Waals surface area contributed by atoms with E-state index in [1.807, 2.05) is 13.8 Å². The minimum atomic E-state index is -0.445. The third-order valence-corrected chi connectivity index (χ3v) is 2.55. The Kier molecular flexibility index (Phi) is 3.45. The number of nitrogens with one attached hydrogen (secondary N) is 1. The van der Waals surface area contributed by atoms with Gasteiger partial charge in [-0.2, -0.15) is 10.1 Å². The van der Waals surface area contributed by atoms with Crippen LogP contribution in [-0.4, -0.2) is 24.8 Å². The minimum Gasteiger partial charge on any atom is -0.357 e. The van der Waals surface area contributed by atoms with Crippen LogP contribution in [-0.2, 0) is 6.54 Å². The van der Waals surface area contributed by atoms with Gasteiger partial charge in [0.2, 0.25) is 12.2 Å². The molecule has 9 nitrogen and oxygen atoms in total. The number of nitro groups is 1. The summed E-state index contributed by atoms with van der Waals surface area (Å²) in [5.74, 6) is 0.769. The highest BCUT2D eigenvalue weighted by molar-refractivity contribution is 5.59. The number of hydrogen-bond acceptors (Lipinski definition) is 7. The van der Waals surface area contributed by atoms with Gasteiger partial charge >= 0.3 is 5.69 Å². The summed E-state index contributed by atoms with van der Waals surface area (Å²) in [7, 11) is 0. The normalized spacial score (nSPS) is 10.9. The predicted octanol–water partition coefficient (Wildman–Crippen LogP) is 1.68. The van der Waals surface area contributed by atoms with E-state index in [4.69, 9.17) is 0 Å². The Hall–Kier alpha value is -2.45. The molecule has 0 fully saturated rings. The van der Waals surface area contributed by atoms with E-state index >= 15 is 0 Å². The molecule has 0 bridgehead atoms. The molecule has 2 heterocycles. The number of hydrogen-bond donors (Lipinski definition) is 1. The summed E-state index contributed by atoms with van der Waals surface area (Å²) in [6.45, 7) is 5.64. The molecule has 0 amide bonds. The van der Waals surface area contributed by atoms with Crippen LogP contribution < -0.4 is 5.32 Å². The van der Waals surface area contributed by atoms with Crippen LogP contribution in [0.15, 0.2) is 10.9 Å². The van der Waals surface area contributed by atoms with Gasteiger partial charge in [-0.25, -0.2) is 4.68 Å². The molecule has 0 aliphatic carbocycles. The number of nitrogens with zero attached hydrogens (tertiary/aromatic N) is 5. The Morgan fingerprint density at radius 2 is 2.32 bits per heavy atom. The van der Waals surface area contributed by atoms with Crippen LogP contribution in [0.4, 0.5) is 11.5 Å². The first-order valence-corrected chi connectivity index (χ1v) is 5.73. The van der Waals surface area contributed by atoms with Gasteiger partial charge in [-0.1, -0.05) is 5.16 Å². The lowest BCUT2D eigenvalue weighted by molar-refractivity contribution is -0.384. The molecule has 0 saturated heterocycles. The van der Waals surface area contributed by atoms with Crippen molar-refractivity contribution in [3.63, 3.8) is 0 Å². The summed E-state index contributed by atoms with van der Waals surface area (Å²) >= 11 is 0. The summed E-state index contributed by atoms with van der Waals surface area (Å²) in [6, 6.07) is 0.000156. The van der Waals surface area contributed by atoms with Gasteiger partial charge in [0.15, 0.2) is 5.82 Å². The van der Waals surface area contributed by atoms with Crippen LogP contribution in [0.5, 0.6) is 0 Å². The average molecular weight is 266 g/mol. The van der Waals surface area contributed by atoms with Crippen LogP contribution in [0.2, 0.25) is 0 Å². The third-order valence-electron chi connectivity index (χ3n) is 2.55. The molecule has 0 aliphatic heterocycles. The fraction of sp³-hybridized carbons (Fsp3) is 0.500. The Labute approximate surface area is 108 Å². The van der Waals surface area contributed by atoms with Crippen LogP contribution in [0.3, 0.4) is 0 Å². The van der Waals surface area contributed by atoms with E-state index in [1.165, 1.54) is 6.39 Å². The van der Waals surface area contributed by atoms with Gasteiger partial charge in [-0.05, 0) is 20.8 Å². The zero-order chi connectivity index (χ0) is 14.0. The molecule has 1 N–H and O–H groups in total. The van der Waals surface area contributed by atoms with Crippen molar-refractivity contribution in [1.82, 2.24) is 19.9 Å². The van der Waals surface area contributed by atoms with Crippen molar-refractivity contribution in [1.29, 1.82) is 0 Å². The Morgan fingerprint density at radius 1 is 1.58 bits per heavy atom. The molecule has 0 aromatic carbocycles. The summed E-state index contributed by atoms with van der Waals surface area (Å²) in [5, 5.41) is 21.9. The first-order chi connectivity index (χ1) is 9.00. The molecule has 2 aromatic heterocycles. The quantitative estimate of drug-likeness (QED) is 0.647. The van der Waals surface area contributed by atoms with Crippen molar-refractivity contribution in [2.45, 2.75) is 33.4 Å². The summed E-state index contributed by atoms with van der Waals surface area (Å²) in [5.41, 5.74) is 0.339. The maximum absolute atomic E-state index is 11.1. The van der Waals surface area contributed by atoms with Gasteiger partial charge in [0.05, 0.1) is 11.5 Å². The number of aryl methyl sites for hydroxylation is 1. The van der Waals surface area contributed by atoms with Gasteiger partial charge in [-0.15, -0.1) is 0 Å². The van der Waals surface area contributed by atoms with E-state index in [2.05, 4.69) is 25.1 Å². The van der Waals surface area contributed by atoms with E-state index in [-0.39, 0.29) is 18.3 Å². The van der Waals surface area contributed by atoms with E-state index in [1.54, 1.807) is 11.6 Å². The number of aromatic nitrogens is 4. The molecule has 2 aromatic rings. The first-order valence-electron chi connectivity index (χ1n) is 5.73. The molecule has 0 saturated carbocycles. The minimum absolute atomic E-state index is 0.000156. The van der Waals surface area contributed by atoms with Crippen molar-refractivity contribution in [2.75, 3.05) is 5.32 Å². The van der Waals surface area contributed by atoms with E-state index < -0.39 is 4.92 Å². The second-order valence-corrected chi connectivity index (χ2v) is 4.28. The lowest BCUT2D eigenvalue weighted by atomic mass is 10.3. The highest BCUT2D eigenvalue weighted by Gasteiger charge is 2.26. The van der Waals surface area contributed by atoms with Crippen LogP contribution in [0.25, 0.3) is 0 Å². The molecular formula is C10H14N6O3. The zero-order valence-electron chi connectivity index (χ0n) is 10.8. The van der Waals surface area contributed by atoms with Crippen molar-refractivity contribution < 1.29 is 9.45 Å². The summed E-state index contributed by atoms with van der Waals surface area (Å²) in [4.78, 5) is 14.5. The highest BCUT2D eigenvalue weighted by atomic mass is 16.6. The second-order valence-electron chi connectivity index (χ2n) is 4.28. The second kappa shape index (κ2) is 5.04. The number of rotatable bonds is 5. The zero-order valence-corrected chi connectivity index (χ0v) is 10.8. The number of anilines is 1. The van der Waals surface area contributed by atoms with Crippen LogP contribution in [0.1, 0.15) is 31.4 Å². The molecule has 0 aliphatic rings. The van der Waals surface area contributed by atoms with Gasteiger partial charge in [0.1, 0.15) is 5.69 Å². The molecule has 0 atom stereocenters. The van der Waals surface area contributed by atoms with Gasteiger partial charge in [0, 0.05) is 6.04 Å². The van der Waals surface area contributed by atoms with Crippen molar-refractivity contribution in [3.8, 4) is 0 Å². The lowest BCUT2D eigenvalue weighted by Crippen LogP contribution is -2.11. The fourth-order valence-corrected chi connectivity index (χ4v) is 1.73. The molecule has 0 radical (unpaired) electrons. The first kappa shape index (κ1) is 13.0. The summed E-state index contributed by atoms with van der Waals surface area (Å²) < 4.78 is 6.18. The molecular weight excluding hydrogens is 252 g/mol. The Balaban J connectivity index is 2.32. The van der Waals surface area contributed by atoms with Crippen molar-refractivity contribution >= 4 is 11.5 Å². The topological polar surface area (TPSA) is 112 Å². The highest BCUT2D eigenvalue weighted by Crippen LogP contribution is 2.30. The third kappa shape index (κ3) is 2.54. The average Bonchev–Trinajstić information content (AvgIpc) is 2.92. The van der Waals surface area contributed by atoms with Crippen LogP contribution in [0, 0.1) is 17.0 Å². The Morgan fingerprint density at radius 3 is 2.84 bits per heavy atom. The largest absolute Gasteiger partial charge is 0.357 e. The maximum Gasteiger partial charge on any atom is 0.333 e. The maximum atomic E-state index is 11.1. The van der Waals surface area contributed by atoms with Gasteiger partial charge in [-0.3, -0.25) is 10.1 Å². The smallest absolute Gasteiger partial charge is 0.333 e. The standard InChI is InChI=1S/C10H14N6O3/c1-6(2)15-10(9(16(17)18)7(3)13-15)11-4-8-12-5-19-14-8/h5-6,11H,4H2,1-3H3. The van der Waals surface area contributed by atoms with E-state index in [0.29, 0.717) is 17.3 Å². The molecule has 9 heteroatoms. The van der Waals surface area contributed by atoms with E-state index in [0.717, 1.165) is 0 Å². The fourth-order valence-electron chi connectivity index (χ4n) is 1.73. The van der Waals surface area contributed by atoms with E-state index in [9.17, 15) is 10.1 Å². The SMILES string of the molecule is Cc1nn(C(C)C)c(NCc2ncon2)c1[N+](=O)[O-]. The van der Waals surface area contributed by atoms with Crippen molar-refractivity contribution in [2.24, 2.45) is 0 Å². The summed E-state index contributed by atoms with van der Waals surface area (Å²) in [6.07, 6.45) is 1.20. The Bertz CT molecular complexity index is 574. The lowest BCUT2D eigenvalue weighted by Gasteiger charge is -2.10. The molecule has 0 spiro atoms. The van der Waals surface area contributed by atoms with Crippen molar-refractivity contribution in [3.05, 3.63) is 28.0 Å². The molecule has 19 heavy (non-hydrogen) atoms. The molecule has 102 valence electrons. The van der Waals surface area contributed by atoms with Gasteiger partial charge in [0.25, 0.3) is 0 Å². The van der Waals surface area contributed by atoms with Gasteiger partial charge < -0.3 is 9.84 Å². The molecule has 0 unspecified atom stereocenters. The monoisotopic (exact) mass is 266 g/mol. The molecule has 2 rings (SSSR count).